The molecule has 0 aromatic carbocycles. The van der Waals surface area contributed by atoms with E-state index in [2.05, 4.69) is 10.2 Å². The zero-order chi connectivity index (χ0) is 14.1. The number of hydrogen-bond donors (Lipinski definition) is 2. The van der Waals surface area contributed by atoms with Gasteiger partial charge < -0.3 is 10.4 Å². The Hall–Kier alpha value is -0.170. The van der Waals surface area contributed by atoms with Gasteiger partial charge in [0.15, 0.2) is 9.84 Å². The number of aliphatic hydroxyl groups excluding tert-OH is 1. The van der Waals surface area contributed by atoms with Crippen molar-refractivity contribution in [3.8, 4) is 0 Å². The molecule has 19 heavy (non-hydrogen) atoms. The number of hydrogen-bond acceptors (Lipinski definition) is 5. The predicted molar refractivity (Wildman–Crippen MR) is 76.0 cm³/mol. The van der Waals surface area contributed by atoms with Crippen molar-refractivity contribution in [1.82, 2.24) is 10.2 Å². The van der Waals surface area contributed by atoms with E-state index in [4.69, 9.17) is 0 Å². The molecule has 0 amide bonds. The van der Waals surface area contributed by atoms with Crippen molar-refractivity contribution in [3.63, 3.8) is 0 Å². The number of likely N-dealkylation sites (N-methyl/N-ethyl adjacent to an activating group) is 1. The summed E-state index contributed by atoms with van der Waals surface area (Å²) in [5, 5.41) is 12.9. The Balaban J connectivity index is 2.01. The van der Waals surface area contributed by atoms with E-state index < -0.39 is 9.84 Å². The van der Waals surface area contributed by atoms with Gasteiger partial charge in [-0.15, -0.1) is 0 Å². The van der Waals surface area contributed by atoms with Crippen molar-refractivity contribution in [1.29, 1.82) is 0 Å². The van der Waals surface area contributed by atoms with Crippen molar-refractivity contribution in [2.45, 2.75) is 49.7 Å². The molecule has 0 aromatic rings. The highest BCUT2D eigenvalue weighted by molar-refractivity contribution is 7.91. The zero-order valence-corrected chi connectivity index (χ0v) is 12.7. The van der Waals surface area contributed by atoms with Gasteiger partial charge >= 0.3 is 0 Å². The van der Waals surface area contributed by atoms with E-state index in [1.54, 1.807) is 0 Å². The van der Waals surface area contributed by atoms with Crippen LogP contribution >= 0.6 is 0 Å². The average molecular weight is 290 g/mol. The van der Waals surface area contributed by atoms with Crippen molar-refractivity contribution in [3.05, 3.63) is 0 Å². The number of nitrogens with zero attached hydrogens (tertiary/aromatic N) is 1. The second kappa shape index (κ2) is 5.68. The van der Waals surface area contributed by atoms with Gasteiger partial charge in [0.05, 0.1) is 18.1 Å². The monoisotopic (exact) mass is 290 g/mol. The van der Waals surface area contributed by atoms with Crippen LogP contribution in [-0.2, 0) is 9.84 Å². The summed E-state index contributed by atoms with van der Waals surface area (Å²) in [6.45, 7) is 0.150. The van der Waals surface area contributed by atoms with Gasteiger partial charge in [-0.05, 0) is 46.2 Å². The molecule has 1 heterocycles. The highest BCUT2D eigenvalue weighted by Crippen LogP contribution is 2.32. The maximum Gasteiger partial charge on any atom is 0.151 e. The molecule has 6 heteroatoms. The Labute approximate surface area is 116 Å². The lowest BCUT2D eigenvalue weighted by Crippen LogP contribution is -2.55. The van der Waals surface area contributed by atoms with Crippen LogP contribution < -0.4 is 5.32 Å². The summed E-state index contributed by atoms with van der Waals surface area (Å²) in [6, 6.07) is 0.521. The molecular formula is C13H26N2O3S. The minimum atomic E-state index is -2.83. The van der Waals surface area contributed by atoms with E-state index in [0.717, 1.165) is 32.1 Å². The third-order valence-electron chi connectivity index (χ3n) is 5.01. The third-order valence-corrected chi connectivity index (χ3v) is 6.76. The van der Waals surface area contributed by atoms with Crippen LogP contribution in [0.1, 0.15) is 32.1 Å². The van der Waals surface area contributed by atoms with Crippen LogP contribution in [0.15, 0.2) is 0 Å². The van der Waals surface area contributed by atoms with E-state index >= 15 is 0 Å². The molecule has 2 rings (SSSR count). The lowest BCUT2D eigenvalue weighted by atomic mass is 9.78. The van der Waals surface area contributed by atoms with Crippen LogP contribution in [0.4, 0.5) is 0 Å². The van der Waals surface area contributed by atoms with Gasteiger partial charge in [-0.2, -0.15) is 0 Å². The maximum atomic E-state index is 11.6. The molecule has 1 aliphatic heterocycles. The molecule has 1 saturated heterocycles. The van der Waals surface area contributed by atoms with E-state index in [-0.39, 0.29) is 18.2 Å². The van der Waals surface area contributed by atoms with Gasteiger partial charge in [0.25, 0.3) is 0 Å². The van der Waals surface area contributed by atoms with Crippen molar-refractivity contribution >= 4 is 9.84 Å². The van der Waals surface area contributed by atoms with Gasteiger partial charge in [-0.3, -0.25) is 4.90 Å². The van der Waals surface area contributed by atoms with Crippen molar-refractivity contribution in [2.24, 2.45) is 0 Å². The van der Waals surface area contributed by atoms with Crippen molar-refractivity contribution in [2.75, 3.05) is 32.2 Å². The summed E-state index contributed by atoms with van der Waals surface area (Å²) < 4.78 is 23.2. The molecule has 0 aromatic heterocycles. The molecule has 0 bridgehead atoms. The summed E-state index contributed by atoms with van der Waals surface area (Å²) >= 11 is 0. The van der Waals surface area contributed by atoms with Crippen LogP contribution in [-0.4, -0.2) is 68.3 Å². The summed E-state index contributed by atoms with van der Waals surface area (Å²) in [5.74, 6) is 0.623. The molecule has 0 radical (unpaired) electrons. The first-order valence-corrected chi connectivity index (χ1v) is 8.96. The van der Waals surface area contributed by atoms with Gasteiger partial charge in [-0.25, -0.2) is 8.42 Å². The van der Waals surface area contributed by atoms with Crippen LogP contribution in [0.25, 0.3) is 0 Å². The Kier molecular flexibility index (Phi) is 4.55. The van der Waals surface area contributed by atoms with Gasteiger partial charge in [0, 0.05) is 17.6 Å². The fourth-order valence-corrected chi connectivity index (χ4v) is 5.31. The average Bonchev–Trinajstić information content (AvgIpc) is 2.78. The Morgan fingerprint density at radius 1 is 1.37 bits per heavy atom. The minimum Gasteiger partial charge on any atom is -0.394 e. The molecule has 112 valence electrons. The van der Waals surface area contributed by atoms with Crippen LogP contribution in [0.5, 0.6) is 0 Å². The summed E-state index contributed by atoms with van der Waals surface area (Å²) in [4.78, 5) is 2.24. The Morgan fingerprint density at radius 2 is 2.11 bits per heavy atom. The number of aliphatic hydroxyl groups is 1. The van der Waals surface area contributed by atoms with Crippen LogP contribution in [0, 0.1) is 0 Å². The lowest BCUT2D eigenvalue weighted by molar-refractivity contribution is 0.0611. The summed E-state index contributed by atoms with van der Waals surface area (Å²) in [7, 11) is 1.12. The first-order valence-electron chi connectivity index (χ1n) is 7.13. The normalized spacial score (nSPS) is 38.7. The highest BCUT2D eigenvalue weighted by atomic mass is 32.2. The van der Waals surface area contributed by atoms with Gasteiger partial charge in [-0.1, -0.05) is 0 Å². The van der Waals surface area contributed by atoms with Crippen molar-refractivity contribution < 1.29 is 13.5 Å². The molecular weight excluding hydrogens is 264 g/mol. The van der Waals surface area contributed by atoms with E-state index in [9.17, 15) is 13.5 Å². The number of sulfone groups is 1. The molecule has 5 nitrogen and oxygen atoms in total. The standard InChI is InChI=1S/C13H26N2O3S/c1-14-13(10-16)6-3-4-11(8-13)15(2)12-5-7-19(17,18)9-12/h11-12,14,16H,3-10H2,1-2H3. The van der Waals surface area contributed by atoms with Crippen LogP contribution in [0.2, 0.25) is 0 Å². The largest absolute Gasteiger partial charge is 0.394 e. The molecule has 3 atom stereocenters. The molecule has 3 unspecified atom stereocenters. The fraction of sp³-hybridized carbons (Fsp3) is 1.00. The predicted octanol–water partition coefficient (Wildman–Crippen LogP) is -0.00160. The van der Waals surface area contributed by atoms with Crippen LogP contribution in [0.3, 0.4) is 0 Å². The number of nitrogens with one attached hydrogen (secondary N) is 1. The molecule has 2 fully saturated rings. The Bertz CT molecular complexity index is 406. The minimum absolute atomic E-state index is 0.150. The van der Waals surface area contributed by atoms with E-state index in [1.807, 2.05) is 14.1 Å². The fourth-order valence-electron chi connectivity index (χ4n) is 3.52. The van der Waals surface area contributed by atoms with Gasteiger partial charge in [0.1, 0.15) is 0 Å². The second-order valence-corrected chi connectivity index (χ2v) is 8.39. The quantitative estimate of drug-likeness (QED) is 0.763. The van der Waals surface area contributed by atoms with E-state index in [1.165, 1.54) is 0 Å². The maximum absolute atomic E-state index is 11.6. The zero-order valence-electron chi connectivity index (χ0n) is 11.9. The molecule has 2 aliphatic rings. The van der Waals surface area contributed by atoms with E-state index in [0.29, 0.717) is 17.5 Å². The summed E-state index contributed by atoms with van der Waals surface area (Å²) in [6.07, 6.45) is 4.81. The molecule has 1 saturated carbocycles. The molecule has 0 spiro atoms. The third kappa shape index (κ3) is 3.29. The Morgan fingerprint density at radius 3 is 2.63 bits per heavy atom. The smallest absolute Gasteiger partial charge is 0.151 e. The molecule has 2 N–H and O–H groups in total. The first-order chi connectivity index (χ1) is 8.91. The second-order valence-electron chi connectivity index (χ2n) is 6.16. The highest BCUT2D eigenvalue weighted by Gasteiger charge is 2.39. The topological polar surface area (TPSA) is 69.6 Å². The SMILES string of the molecule is CNC1(CO)CCCC(N(C)C2CCS(=O)(=O)C2)C1. The lowest BCUT2D eigenvalue weighted by Gasteiger charge is -2.44. The first kappa shape index (κ1) is 15.2. The summed E-state index contributed by atoms with van der Waals surface area (Å²) in [5.41, 5.74) is -0.186. The number of rotatable bonds is 4. The molecule has 1 aliphatic carbocycles. The van der Waals surface area contributed by atoms with Gasteiger partial charge in [0.2, 0.25) is 0 Å².